The first-order valence-corrected chi connectivity index (χ1v) is 7.36. The van der Waals surface area contributed by atoms with Crippen molar-refractivity contribution in [2.45, 2.75) is 26.7 Å². The van der Waals surface area contributed by atoms with E-state index in [1.54, 1.807) is 7.11 Å². The number of ether oxygens (including phenoxy) is 1. The first-order valence-electron chi connectivity index (χ1n) is 6.48. The van der Waals surface area contributed by atoms with Gasteiger partial charge in [0.2, 0.25) is 5.78 Å². The van der Waals surface area contributed by atoms with Gasteiger partial charge in [-0.25, -0.2) is 0 Å². The minimum Gasteiger partial charge on any atom is -0.496 e. The second-order valence-corrected chi connectivity index (χ2v) is 5.29. The van der Waals surface area contributed by atoms with Crippen LogP contribution in [0.1, 0.15) is 40.2 Å². The zero-order valence-electron chi connectivity index (χ0n) is 11.5. The number of rotatable bonds is 5. The van der Waals surface area contributed by atoms with E-state index < -0.39 is 0 Å². The van der Waals surface area contributed by atoms with Crippen LogP contribution in [0.25, 0.3) is 0 Å². The van der Waals surface area contributed by atoms with Gasteiger partial charge in [0.1, 0.15) is 5.75 Å². The number of hydrogen-bond donors (Lipinski definition) is 0. The van der Waals surface area contributed by atoms with Gasteiger partial charge in [-0.15, -0.1) is 11.3 Å². The van der Waals surface area contributed by atoms with E-state index in [1.807, 2.05) is 17.5 Å². The fourth-order valence-electron chi connectivity index (χ4n) is 2.04. The van der Waals surface area contributed by atoms with Crippen LogP contribution >= 0.6 is 11.3 Å². The zero-order valence-corrected chi connectivity index (χ0v) is 12.3. The number of thiophene rings is 1. The van der Waals surface area contributed by atoms with Gasteiger partial charge in [0.15, 0.2) is 0 Å². The van der Waals surface area contributed by atoms with E-state index in [0.717, 1.165) is 34.6 Å². The third kappa shape index (κ3) is 2.87. The first-order chi connectivity index (χ1) is 9.19. The molecule has 100 valence electrons. The summed E-state index contributed by atoms with van der Waals surface area (Å²) in [7, 11) is 1.62. The molecule has 0 aliphatic carbocycles. The van der Waals surface area contributed by atoms with Gasteiger partial charge in [-0.05, 0) is 30.0 Å². The Labute approximate surface area is 118 Å². The smallest absolute Gasteiger partial charge is 0.203 e. The highest BCUT2D eigenvalue weighted by Gasteiger charge is 2.15. The summed E-state index contributed by atoms with van der Waals surface area (Å²) in [4.78, 5) is 13.3. The lowest BCUT2D eigenvalue weighted by Crippen LogP contribution is -2.04. The summed E-state index contributed by atoms with van der Waals surface area (Å²) in [5, 5.41) is 1.86. The summed E-state index contributed by atoms with van der Waals surface area (Å²) < 4.78 is 5.14. The Kier molecular flexibility index (Phi) is 4.38. The molecule has 0 fully saturated rings. The molecule has 0 aliphatic rings. The topological polar surface area (TPSA) is 26.3 Å². The number of carbonyl (C=O) groups excluding carboxylic acids is 1. The molecular formula is C16H18O2S. The molecule has 0 unspecified atom stereocenters. The van der Waals surface area contributed by atoms with Crippen molar-refractivity contribution >= 4 is 17.1 Å². The van der Waals surface area contributed by atoms with Crippen LogP contribution in [0.2, 0.25) is 0 Å². The van der Waals surface area contributed by atoms with Crippen molar-refractivity contribution in [2.75, 3.05) is 7.11 Å². The average molecular weight is 274 g/mol. The quantitative estimate of drug-likeness (QED) is 0.767. The van der Waals surface area contributed by atoms with E-state index in [9.17, 15) is 4.79 Å². The molecule has 1 aromatic heterocycles. The number of carbonyl (C=O) groups is 1. The second kappa shape index (κ2) is 6.02. The maximum Gasteiger partial charge on any atom is 0.203 e. The molecule has 2 aromatic rings. The number of ketones is 1. The lowest BCUT2D eigenvalue weighted by molar-refractivity contribution is 0.104. The molecule has 19 heavy (non-hydrogen) atoms. The Morgan fingerprint density at radius 3 is 2.58 bits per heavy atom. The standard InChI is InChI=1S/C16H18O2S/c1-4-11-6-7-12(5-2)14(8-11)16(17)15-9-13(18-3)10-19-15/h6-10H,4-5H2,1-3H3. The molecule has 0 atom stereocenters. The van der Waals surface area contributed by atoms with Gasteiger partial charge in [-0.1, -0.05) is 26.0 Å². The normalized spacial score (nSPS) is 10.5. The largest absolute Gasteiger partial charge is 0.496 e. The molecule has 0 saturated heterocycles. The molecule has 0 spiro atoms. The van der Waals surface area contributed by atoms with Gasteiger partial charge in [0, 0.05) is 17.0 Å². The van der Waals surface area contributed by atoms with Crippen molar-refractivity contribution in [1.82, 2.24) is 0 Å². The second-order valence-electron chi connectivity index (χ2n) is 4.38. The minimum atomic E-state index is 0.0976. The summed E-state index contributed by atoms with van der Waals surface area (Å²) in [6, 6.07) is 8.00. The molecule has 0 N–H and O–H groups in total. The zero-order chi connectivity index (χ0) is 13.8. The molecule has 2 rings (SSSR count). The molecular weight excluding hydrogens is 256 g/mol. The third-order valence-corrected chi connectivity index (χ3v) is 4.15. The van der Waals surface area contributed by atoms with Crippen molar-refractivity contribution in [3.63, 3.8) is 0 Å². The van der Waals surface area contributed by atoms with Crippen molar-refractivity contribution in [1.29, 1.82) is 0 Å². The molecule has 1 heterocycles. The lowest BCUT2D eigenvalue weighted by atomic mass is 9.97. The fraction of sp³-hybridized carbons (Fsp3) is 0.312. The maximum atomic E-state index is 12.6. The van der Waals surface area contributed by atoms with Crippen molar-refractivity contribution < 1.29 is 9.53 Å². The summed E-state index contributed by atoms with van der Waals surface area (Å²) in [6.45, 7) is 4.18. The highest BCUT2D eigenvalue weighted by Crippen LogP contribution is 2.25. The summed E-state index contributed by atoms with van der Waals surface area (Å²) >= 11 is 1.44. The molecule has 0 bridgehead atoms. The van der Waals surface area contributed by atoms with Crippen LogP contribution in [-0.2, 0) is 12.8 Å². The van der Waals surface area contributed by atoms with Crippen LogP contribution in [0, 0.1) is 0 Å². The highest BCUT2D eigenvalue weighted by atomic mass is 32.1. The monoisotopic (exact) mass is 274 g/mol. The Balaban J connectivity index is 2.41. The number of methoxy groups -OCH3 is 1. The predicted molar refractivity (Wildman–Crippen MR) is 79.5 cm³/mol. The van der Waals surface area contributed by atoms with Crippen LogP contribution in [0.5, 0.6) is 5.75 Å². The molecule has 0 radical (unpaired) electrons. The molecule has 0 amide bonds. The summed E-state index contributed by atoms with van der Waals surface area (Å²) in [6.07, 6.45) is 1.81. The molecule has 2 nitrogen and oxygen atoms in total. The van der Waals surface area contributed by atoms with Crippen molar-refractivity contribution in [3.05, 3.63) is 51.2 Å². The number of benzene rings is 1. The summed E-state index contributed by atoms with van der Waals surface area (Å²) in [5.74, 6) is 0.846. The Hall–Kier alpha value is -1.61. The van der Waals surface area contributed by atoms with E-state index in [-0.39, 0.29) is 5.78 Å². The predicted octanol–water partition coefficient (Wildman–Crippen LogP) is 4.11. The van der Waals surface area contributed by atoms with Crippen LogP contribution in [0.3, 0.4) is 0 Å². The van der Waals surface area contributed by atoms with Crippen LogP contribution < -0.4 is 4.74 Å². The highest BCUT2D eigenvalue weighted by molar-refractivity contribution is 7.12. The van der Waals surface area contributed by atoms with E-state index in [4.69, 9.17) is 4.74 Å². The van der Waals surface area contributed by atoms with Crippen molar-refractivity contribution in [2.24, 2.45) is 0 Å². The number of aryl methyl sites for hydroxylation is 2. The first kappa shape index (κ1) is 13.8. The minimum absolute atomic E-state index is 0.0976. The van der Waals surface area contributed by atoms with E-state index in [2.05, 4.69) is 26.0 Å². The van der Waals surface area contributed by atoms with E-state index in [1.165, 1.54) is 16.9 Å². The third-order valence-electron chi connectivity index (χ3n) is 3.24. The fourth-order valence-corrected chi connectivity index (χ4v) is 2.85. The lowest BCUT2D eigenvalue weighted by Gasteiger charge is -2.08. The Morgan fingerprint density at radius 1 is 1.21 bits per heavy atom. The Morgan fingerprint density at radius 2 is 2.00 bits per heavy atom. The van der Waals surface area contributed by atoms with Crippen molar-refractivity contribution in [3.8, 4) is 5.75 Å². The summed E-state index contributed by atoms with van der Waals surface area (Å²) in [5.41, 5.74) is 3.13. The van der Waals surface area contributed by atoms with Gasteiger partial charge < -0.3 is 4.74 Å². The van der Waals surface area contributed by atoms with Gasteiger partial charge in [-0.2, -0.15) is 0 Å². The van der Waals surface area contributed by atoms with Gasteiger partial charge in [0.25, 0.3) is 0 Å². The molecule has 0 aliphatic heterocycles. The maximum absolute atomic E-state index is 12.6. The van der Waals surface area contributed by atoms with Gasteiger partial charge in [-0.3, -0.25) is 4.79 Å². The van der Waals surface area contributed by atoms with Gasteiger partial charge >= 0.3 is 0 Å². The Bertz CT molecular complexity index is 584. The average Bonchev–Trinajstić information content (AvgIpc) is 2.94. The van der Waals surface area contributed by atoms with Crippen LogP contribution in [0.4, 0.5) is 0 Å². The molecule has 1 aromatic carbocycles. The van der Waals surface area contributed by atoms with E-state index in [0.29, 0.717) is 0 Å². The number of hydrogen-bond acceptors (Lipinski definition) is 3. The molecule has 3 heteroatoms. The van der Waals surface area contributed by atoms with Gasteiger partial charge in [0.05, 0.1) is 12.0 Å². The SMILES string of the molecule is CCc1ccc(CC)c(C(=O)c2cc(OC)cs2)c1. The van der Waals surface area contributed by atoms with Crippen LogP contribution in [-0.4, -0.2) is 12.9 Å². The van der Waals surface area contributed by atoms with E-state index >= 15 is 0 Å². The molecule has 0 saturated carbocycles. The van der Waals surface area contributed by atoms with Crippen LogP contribution in [0.15, 0.2) is 29.6 Å².